The zero-order valence-electron chi connectivity index (χ0n) is 23.9. The third-order valence-electron chi connectivity index (χ3n) is 6.04. The first-order valence-electron chi connectivity index (χ1n) is 14.2. The van der Waals surface area contributed by atoms with Gasteiger partial charge in [0.15, 0.2) is 0 Å². The Bertz CT molecular complexity index is 812. The van der Waals surface area contributed by atoms with Crippen LogP contribution in [0.25, 0.3) is 11.1 Å². The van der Waals surface area contributed by atoms with Gasteiger partial charge in [0.25, 0.3) is 0 Å². The lowest BCUT2D eigenvalue weighted by atomic mass is 10.1. The molecule has 214 valence electrons. The fraction of sp³-hybridized carbons (Fsp3) is 0.600. The van der Waals surface area contributed by atoms with Crippen molar-refractivity contribution in [2.24, 2.45) is 0 Å². The van der Waals surface area contributed by atoms with Crippen molar-refractivity contribution in [2.45, 2.75) is 71.8 Å². The molecule has 0 bridgehead atoms. The van der Waals surface area contributed by atoms with Gasteiger partial charge < -0.3 is 22.8 Å². The van der Waals surface area contributed by atoms with E-state index in [0.29, 0.717) is 33.0 Å². The second-order valence-corrected chi connectivity index (χ2v) is 11.7. The number of rotatable bonds is 23. The minimum absolute atomic E-state index is 0.592. The minimum atomic E-state index is -2.61. The summed E-state index contributed by atoms with van der Waals surface area (Å²) in [5.41, 5.74) is 2.30. The molecule has 0 aromatic heterocycles. The van der Waals surface area contributed by atoms with Crippen LogP contribution in [0.1, 0.15) is 65.7 Å². The first-order valence-corrected chi connectivity index (χ1v) is 16.1. The monoisotopic (exact) mass is 548 g/mol. The van der Waals surface area contributed by atoms with Crippen LogP contribution in [0.2, 0.25) is 6.04 Å². The average molecular weight is 549 g/mol. The summed E-state index contributed by atoms with van der Waals surface area (Å²) < 4.78 is 29.6. The summed E-state index contributed by atoms with van der Waals surface area (Å²) in [7, 11) is -1.06. The Labute approximate surface area is 231 Å². The van der Waals surface area contributed by atoms with E-state index in [1.165, 1.54) is 25.7 Å². The molecule has 2 rings (SSSR count). The minimum Gasteiger partial charge on any atom is -0.494 e. The summed E-state index contributed by atoms with van der Waals surface area (Å²) in [6.07, 6.45) is 7.76. The smallest absolute Gasteiger partial charge is 0.494 e. The van der Waals surface area contributed by atoms with E-state index >= 15 is 0 Å². The highest BCUT2D eigenvalue weighted by Crippen LogP contribution is 2.25. The van der Waals surface area contributed by atoms with Crippen LogP contribution < -0.4 is 9.47 Å². The van der Waals surface area contributed by atoms with Gasteiger partial charge in [0.1, 0.15) is 11.5 Å². The van der Waals surface area contributed by atoms with Crippen molar-refractivity contribution in [2.75, 3.05) is 46.8 Å². The molecule has 2 aromatic rings. The van der Waals surface area contributed by atoms with Crippen molar-refractivity contribution in [3.8, 4) is 22.6 Å². The van der Waals surface area contributed by atoms with Gasteiger partial charge in [-0.3, -0.25) is 0 Å². The number of hydrogen-bond donors (Lipinski definition) is 0. The Balaban J connectivity index is 1.68. The van der Waals surface area contributed by atoms with E-state index in [1.807, 2.05) is 45.0 Å². The maximum atomic E-state index is 5.97. The maximum absolute atomic E-state index is 5.97. The van der Waals surface area contributed by atoms with Crippen molar-refractivity contribution in [3.63, 3.8) is 0 Å². The van der Waals surface area contributed by atoms with E-state index in [0.717, 1.165) is 54.5 Å². The van der Waals surface area contributed by atoms with E-state index in [-0.39, 0.29) is 0 Å². The van der Waals surface area contributed by atoms with E-state index in [4.69, 9.17) is 27.6 Å². The predicted molar refractivity (Wildman–Crippen MR) is 154 cm³/mol. The topological polar surface area (TPSA) is 64.6 Å². The standard InChI is InChI=1S/C30H48O7Si/c1-5-35-38(36-6-2,37-7-3)26-14-24-33-30-21-17-28(18-22-30)27-15-19-29(20-16-27)32-23-12-10-8-9-11-13-25-34-31-4/h15-22H,5-14,23-26H2,1-4H3. The second kappa shape index (κ2) is 20.0. The Kier molecular flexibility index (Phi) is 17.0. The Morgan fingerprint density at radius 2 is 0.947 bits per heavy atom. The van der Waals surface area contributed by atoms with E-state index in [9.17, 15) is 0 Å². The molecule has 0 saturated carbocycles. The van der Waals surface area contributed by atoms with Crippen molar-refractivity contribution in [3.05, 3.63) is 48.5 Å². The molecule has 0 atom stereocenters. The fourth-order valence-corrected chi connectivity index (χ4v) is 6.79. The van der Waals surface area contributed by atoms with E-state index in [1.54, 1.807) is 7.11 Å². The van der Waals surface area contributed by atoms with Crippen LogP contribution in [-0.2, 0) is 23.1 Å². The molecule has 0 spiro atoms. The summed E-state index contributed by atoms with van der Waals surface area (Å²) in [4.78, 5) is 9.47. The summed E-state index contributed by atoms with van der Waals surface area (Å²) in [6, 6.07) is 17.3. The molecular formula is C30H48O7Si. The summed E-state index contributed by atoms with van der Waals surface area (Å²) in [6.45, 7) is 9.73. The number of hydrogen-bond acceptors (Lipinski definition) is 7. The lowest BCUT2D eigenvalue weighted by Gasteiger charge is -2.28. The van der Waals surface area contributed by atoms with Crippen molar-refractivity contribution in [1.82, 2.24) is 0 Å². The van der Waals surface area contributed by atoms with Gasteiger partial charge in [0.2, 0.25) is 0 Å². The molecule has 0 aliphatic heterocycles. The first kappa shape index (κ1) is 32.3. The third kappa shape index (κ3) is 12.7. The van der Waals surface area contributed by atoms with Gasteiger partial charge in [-0.2, -0.15) is 0 Å². The lowest BCUT2D eigenvalue weighted by Crippen LogP contribution is -2.46. The highest BCUT2D eigenvalue weighted by atomic mass is 28.4. The Morgan fingerprint density at radius 1 is 0.526 bits per heavy atom. The van der Waals surface area contributed by atoms with Crippen LogP contribution in [0.15, 0.2) is 48.5 Å². The molecule has 0 heterocycles. The van der Waals surface area contributed by atoms with Gasteiger partial charge in [-0.05, 0) is 75.4 Å². The lowest BCUT2D eigenvalue weighted by molar-refractivity contribution is -0.272. The summed E-state index contributed by atoms with van der Waals surface area (Å²) in [5, 5.41) is 0. The quantitative estimate of drug-likeness (QED) is 0.0618. The molecule has 0 amide bonds. The van der Waals surface area contributed by atoms with Crippen LogP contribution in [0.5, 0.6) is 11.5 Å². The van der Waals surface area contributed by atoms with Crippen molar-refractivity contribution in [1.29, 1.82) is 0 Å². The van der Waals surface area contributed by atoms with Gasteiger partial charge in [0, 0.05) is 25.9 Å². The molecular weight excluding hydrogens is 500 g/mol. The van der Waals surface area contributed by atoms with Crippen LogP contribution in [0.4, 0.5) is 0 Å². The molecule has 8 heteroatoms. The molecule has 38 heavy (non-hydrogen) atoms. The van der Waals surface area contributed by atoms with E-state index in [2.05, 4.69) is 29.2 Å². The zero-order chi connectivity index (χ0) is 27.3. The molecule has 0 aliphatic rings. The van der Waals surface area contributed by atoms with E-state index < -0.39 is 8.80 Å². The van der Waals surface area contributed by atoms with Gasteiger partial charge in [-0.25, -0.2) is 9.78 Å². The fourth-order valence-electron chi connectivity index (χ4n) is 4.21. The zero-order valence-corrected chi connectivity index (χ0v) is 24.9. The van der Waals surface area contributed by atoms with Crippen LogP contribution >= 0.6 is 0 Å². The average Bonchev–Trinajstić information content (AvgIpc) is 2.93. The number of unbranched alkanes of at least 4 members (excludes halogenated alkanes) is 5. The van der Waals surface area contributed by atoms with Crippen LogP contribution in [0.3, 0.4) is 0 Å². The van der Waals surface area contributed by atoms with Gasteiger partial charge >= 0.3 is 8.80 Å². The SMILES string of the molecule is CCO[Si](CCCOc1ccc(-c2ccc(OCCCCCCCCOOC)cc2)cc1)(OCC)OCC. The Hall–Kier alpha value is -1.94. The Morgan fingerprint density at radius 3 is 1.39 bits per heavy atom. The predicted octanol–water partition coefficient (Wildman–Crippen LogP) is 7.47. The number of ether oxygens (including phenoxy) is 2. The number of benzene rings is 2. The normalized spacial score (nSPS) is 11.6. The van der Waals surface area contributed by atoms with Crippen LogP contribution in [0, 0.1) is 0 Å². The molecule has 0 N–H and O–H groups in total. The molecule has 7 nitrogen and oxygen atoms in total. The summed E-state index contributed by atoms with van der Waals surface area (Å²) in [5.74, 6) is 1.77. The van der Waals surface area contributed by atoms with Crippen molar-refractivity contribution >= 4 is 8.80 Å². The molecule has 0 unspecified atom stereocenters. The molecule has 0 fully saturated rings. The summed E-state index contributed by atoms with van der Waals surface area (Å²) >= 11 is 0. The first-order chi connectivity index (χ1) is 18.7. The molecule has 0 saturated heterocycles. The third-order valence-corrected chi connectivity index (χ3v) is 9.19. The molecule has 2 aromatic carbocycles. The molecule has 0 aliphatic carbocycles. The second-order valence-electron chi connectivity index (χ2n) is 8.94. The highest BCUT2D eigenvalue weighted by Gasteiger charge is 2.39. The van der Waals surface area contributed by atoms with Gasteiger partial charge in [-0.1, -0.05) is 49.9 Å². The highest BCUT2D eigenvalue weighted by molar-refractivity contribution is 6.60. The maximum Gasteiger partial charge on any atom is 0.501 e. The van der Waals surface area contributed by atoms with Gasteiger partial charge in [-0.15, -0.1) is 0 Å². The largest absolute Gasteiger partial charge is 0.501 e. The van der Waals surface area contributed by atoms with Crippen molar-refractivity contribution < 1.29 is 32.5 Å². The molecule has 0 radical (unpaired) electrons. The van der Waals surface area contributed by atoms with Crippen LogP contribution in [-0.4, -0.2) is 55.6 Å². The van der Waals surface area contributed by atoms with Gasteiger partial charge in [0.05, 0.1) is 26.9 Å².